The highest BCUT2D eigenvalue weighted by atomic mass is 32.2. The molecular weight excluding hydrogens is 326 g/mol. The van der Waals surface area contributed by atoms with E-state index in [0.29, 0.717) is 17.6 Å². The lowest BCUT2D eigenvalue weighted by Gasteiger charge is -2.28. The highest BCUT2D eigenvalue weighted by molar-refractivity contribution is 7.90. The standard InChI is InChI=1S/C17H23N3O3S/c1-13(14-7-9-23-10-8-14)19-15-11-18-20(12-15)16-5-3-4-6-17(16)24(2,21)22/h3-6,11-14,19H,7-10H2,1-2H3/t13-/m0/s1. The Labute approximate surface area is 142 Å². The maximum absolute atomic E-state index is 11.9. The first kappa shape index (κ1) is 17.0. The molecule has 0 spiro atoms. The van der Waals surface area contributed by atoms with Crippen molar-refractivity contribution in [2.75, 3.05) is 24.8 Å². The van der Waals surface area contributed by atoms with Crippen molar-refractivity contribution >= 4 is 15.5 Å². The van der Waals surface area contributed by atoms with E-state index in [-0.39, 0.29) is 4.90 Å². The predicted molar refractivity (Wildman–Crippen MR) is 93.3 cm³/mol. The van der Waals surface area contributed by atoms with Crippen molar-refractivity contribution in [2.45, 2.75) is 30.7 Å². The zero-order valence-electron chi connectivity index (χ0n) is 14.0. The molecule has 24 heavy (non-hydrogen) atoms. The van der Waals surface area contributed by atoms with Crippen LogP contribution in [-0.4, -0.2) is 43.7 Å². The molecule has 1 aliphatic rings. The Hall–Kier alpha value is -1.86. The van der Waals surface area contributed by atoms with Gasteiger partial charge in [-0.2, -0.15) is 5.10 Å². The summed E-state index contributed by atoms with van der Waals surface area (Å²) in [6.07, 6.45) is 6.88. The number of sulfone groups is 1. The summed E-state index contributed by atoms with van der Waals surface area (Å²) >= 11 is 0. The van der Waals surface area contributed by atoms with Gasteiger partial charge in [0, 0.05) is 25.5 Å². The van der Waals surface area contributed by atoms with E-state index in [2.05, 4.69) is 17.3 Å². The second kappa shape index (κ2) is 6.94. The van der Waals surface area contributed by atoms with Gasteiger partial charge < -0.3 is 10.1 Å². The molecule has 3 rings (SSSR count). The fraction of sp³-hybridized carbons (Fsp3) is 0.471. The van der Waals surface area contributed by atoms with E-state index in [9.17, 15) is 8.42 Å². The molecule has 6 nitrogen and oxygen atoms in total. The van der Waals surface area contributed by atoms with Crippen molar-refractivity contribution in [2.24, 2.45) is 5.92 Å². The molecule has 130 valence electrons. The second-order valence-corrected chi connectivity index (χ2v) is 8.28. The van der Waals surface area contributed by atoms with E-state index in [1.54, 1.807) is 29.1 Å². The molecule has 1 saturated heterocycles. The van der Waals surface area contributed by atoms with Crippen LogP contribution >= 0.6 is 0 Å². The third-order valence-electron chi connectivity index (χ3n) is 4.46. The number of benzene rings is 1. The number of hydrogen-bond donors (Lipinski definition) is 1. The molecule has 1 aliphatic heterocycles. The van der Waals surface area contributed by atoms with Gasteiger partial charge in [-0.05, 0) is 37.8 Å². The van der Waals surface area contributed by atoms with Crippen LogP contribution in [0.1, 0.15) is 19.8 Å². The van der Waals surface area contributed by atoms with Gasteiger partial charge >= 0.3 is 0 Å². The third-order valence-corrected chi connectivity index (χ3v) is 5.61. The third kappa shape index (κ3) is 3.79. The number of nitrogens with one attached hydrogen (secondary N) is 1. The molecule has 0 aliphatic carbocycles. The molecule has 2 aromatic rings. The molecule has 7 heteroatoms. The molecule has 1 aromatic heterocycles. The van der Waals surface area contributed by atoms with E-state index >= 15 is 0 Å². The Morgan fingerprint density at radius 1 is 1.29 bits per heavy atom. The van der Waals surface area contributed by atoms with Gasteiger partial charge in [0.1, 0.15) is 0 Å². The first-order valence-corrected chi connectivity index (χ1v) is 10.0. The summed E-state index contributed by atoms with van der Waals surface area (Å²) in [6.45, 7) is 3.80. The van der Waals surface area contributed by atoms with E-state index < -0.39 is 9.84 Å². The lowest BCUT2D eigenvalue weighted by Crippen LogP contribution is -2.30. The van der Waals surface area contributed by atoms with Crippen molar-refractivity contribution in [3.05, 3.63) is 36.7 Å². The van der Waals surface area contributed by atoms with Crippen molar-refractivity contribution in [1.29, 1.82) is 0 Å². The Morgan fingerprint density at radius 2 is 2.00 bits per heavy atom. The summed E-state index contributed by atoms with van der Waals surface area (Å²) in [4.78, 5) is 0.275. The van der Waals surface area contributed by atoms with Crippen molar-refractivity contribution in [3.63, 3.8) is 0 Å². The molecule has 0 bridgehead atoms. The Balaban J connectivity index is 1.79. The number of para-hydroxylation sites is 1. The molecule has 2 heterocycles. The number of ether oxygens (including phenoxy) is 1. The summed E-state index contributed by atoms with van der Waals surface area (Å²) in [5.41, 5.74) is 1.45. The van der Waals surface area contributed by atoms with Crippen LogP contribution in [0, 0.1) is 5.92 Å². The highest BCUT2D eigenvalue weighted by Crippen LogP contribution is 2.24. The topological polar surface area (TPSA) is 73.2 Å². The van der Waals surface area contributed by atoms with E-state index in [1.165, 1.54) is 6.26 Å². The zero-order valence-corrected chi connectivity index (χ0v) is 14.8. The number of anilines is 1. The maximum atomic E-state index is 11.9. The van der Waals surface area contributed by atoms with Gasteiger partial charge in [-0.15, -0.1) is 0 Å². The molecule has 1 fully saturated rings. The maximum Gasteiger partial charge on any atom is 0.177 e. The van der Waals surface area contributed by atoms with Crippen molar-refractivity contribution < 1.29 is 13.2 Å². The Kier molecular flexibility index (Phi) is 4.91. The van der Waals surface area contributed by atoms with Gasteiger partial charge in [0.15, 0.2) is 9.84 Å². The van der Waals surface area contributed by atoms with Crippen LogP contribution in [0.4, 0.5) is 5.69 Å². The van der Waals surface area contributed by atoms with E-state index in [0.717, 1.165) is 31.7 Å². The lowest BCUT2D eigenvalue weighted by molar-refractivity contribution is 0.0622. The molecule has 0 saturated carbocycles. The van der Waals surface area contributed by atoms with Crippen molar-refractivity contribution in [3.8, 4) is 5.69 Å². The molecule has 0 radical (unpaired) electrons. The van der Waals surface area contributed by atoms with Gasteiger partial charge in [-0.3, -0.25) is 0 Å². The SMILES string of the molecule is C[C@H](Nc1cnn(-c2ccccc2S(C)(=O)=O)c1)C1CCOCC1. The Morgan fingerprint density at radius 3 is 2.71 bits per heavy atom. The van der Waals surface area contributed by atoms with Crippen LogP contribution in [0.5, 0.6) is 0 Å². The average Bonchev–Trinajstić information content (AvgIpc) is 3.03. The Bertz CT molecular complexity index is 795. The van der Waals surface area contributed by atoms with E-state index in [1.807, 2.05) is 12.3 Å². The van der Waals surface area contributed by atoms with Crippen LogP contribution in [0.2, 0.25) is 0 Å². The highest BCUT2D eigenvalue weighted by Gasteiger charge is 2.21. The number of rotatable bonds is 5. The van der Waals surface area contributed by atoms with Crippen LogP contribution in [0.15, 0.2) is 41.6 Å². The second-order valence-electron chi connectivity index (χ2n) is 6.30. The summed E-state index contributed by atoms with van der Waals surface area (Å²) in [5.74, 6) is 0.574. The fourth-order valence-corrected chi connectivity index (χ4v) is 3.95. The molecule has 1 aromatic carbocycles. The van der Waals surface area contributed by atoms with E-state index in [4.69, 9.17) is 4.74 Å². The molecule has 0 unspecified atom stereocenters. The molecule has 1 atom stereocenters. The fourth-order valence-electron chi connectivity index (χ4n) is 3.09. The summed E-state index contributed by atoms with van der Waals surface area (Å²) in [7, 11) is -3.31. The number of hydrogen-bond acceptors (Lipinski definition) is 5. The minimum atomic E-state index is -3.31. The minimum absolute atomic E-state index is 0.275. The smallest absolute Gasteiger partial charge is 0.177 e. The summed E-state index contributed by atoms with van der Waals surface area (Å²) < 4.78 is 30.9. The first-order chi connectivity index (χ1) is 11.4. The quantitative estimate of drug-likeness (QED) is 0.898. The first-order valence-electron chi connectivity index (χ1n) is 8.13. The van der Waals surface area contributed by atoms with Gasteiger partial charge in [0.25, 0.3) is 0 Å². The average molecular weight is 349 g/mol. The monoisotopic (exact) mass is 349 g/mol. The van der Waals surface area contributed by atoms with Crippen molar-refractivity contribution in [1.82, 2.24) is 9.78 Å². The zero-order chi connectivity index (χ0) is 17.2. The van der Waals surface area contributed by atoms with Crippen LogP contribution in [0.3, 0.4) is 0 Å². The minimum Gasteiger partial charge on any atom is -0.381 e. The van der Waals surface area contributed by atoms with Gasteiger partial charge in [0.2, 0.25) is 0 Å². The van der Waals surface area contributed by atoms with Crippen LogP contribution in [0.25, 0.3) is 5.69 Å². The normalized spacial score (nSPS) is 17.6. The van der Waals surface area contributed by atoms with Crippen LogP contribution < -0.4 is 5.32 Å². The van der Waals surface area contributed by atoms with Gasteiger partial charge in [-0.25, -0.2) is 13.1 Å². The molecule has 0 amide bonds. The molecule has 1 N–H and O–H groups in total. The lowest BCUT2D eigenvalue weighted by atomic mass is 9.93. The van der Waals surface area contributed by atoms with Gasteiger partial charge in [0.05, 0.1) is 28.7 Å². The number of nitrogens with zero attached hydrogens (tertiary/aromatic N) is 2. The van der Waals surface area contributed by atoms with Crippen LogP contribution in [-0.2, 0) is 14.6 Å². The molecular formula is C17H23N3O3S. The number of aromatic nitrogens is 2. The summed E-state index contributed by atoms with van der Waals surface area (Å²) in [6, 6.07) is 7.20. The summed E-state index contributed by atoms with van der Waals surface area (Å²) in [5, 5.41) is 7.80. The largest absolute Gasteiger partial charge is 0.381 e. The predicted octanol–water partition coefficient (Wildman–Crippen LogP) is 2.50. The van der Waals surface area contributed by atoms with Gasteiger partial charge in [-0.1, -0.05) is 12.1 Å².